The predicted molar refractivity (Wildman–Crippen MR) is 103 cm³/mol. The highest BCUT2D eigenvalue weighted by Gasteiger charge is 2.42. The molecule has 2 atom stereocenters. The summed E-state index contributed by atoms with van der Waals surface area (Å²) < 4.78 is 58.0. The summed E-state index contributed by atoms with van der Waals surface area (Å²) in [6.07, 6.45) is 0.271. The van der Waals surface area contributed by atoms with Crippen molar-refractivity contribution < 1.29 is 36.3 Å². The number of sulfone groups is 1. The van der Waals surface area contributed by atoms with Crippen molar-refractivity contribution in [2.75, 3.05) is 18.1 Å². The number of hydrogen-bond donors (Lipinski definition) is 1. The van der Waals surface area contributed by atoms with Gasteiger partial charge in [0.05, 0.1) is 35.8 Å². The minimum atomic E-state index is -3.26. The van der Waals surface area contributed by atoms with Gasteiger partial charge in [0.2, 0.25) is 0 Å². The maximum Gasteiger partial charge on any atom is 0.387 e. The van der Waals surface area contributed by atoms with E-state index in [2.05, 4.69) is 10.1 Å². The maximum atomic E-state index is 12.8. The van der Waals surface area contributed by atoms with Gasteiger partial charge in [-0.3, -0.25) is 4.90 Å². The maximum absolute atomic E-state index is 12.8. The third-order valence-corrected chi connectivity index (χ3v) is 6.78. The Labute approximate surface area is 172 Å². The Balaban J connectivity index is 1.99. The highest BCUT2D eigenvalue weighted by molar-refractivity contribution is 7.91. The molecule has 0 bridgehead atoms. The topological polar surface area (TPSA) is 102 Å². The first kappa shape index (κ1) is 22.0. The third-order valence-electron chi connectivity index (χ3n) is 5.03. The lowest BCUT2D eigenvalue weighted by atomic mass is 9.94. The molecule has 0 saturated carbocycles. The van der Waals surface area contributed by atoms with Crippen molar-refractivity contribution in [3.63, 3.8) is 0 Å². The Bertz CT molecular complexity index is 962. The summed E-state index contributed by atoms with van der Waals surface area (Å²) in [5.41, 5.74) is 0.923. The molecule has 8 nitrogen and oxygen atoms in total. The molecule has 2 aliphatic heterocycles. The van der Waals surface area contributed by atoms with Crippen LogP contribution < -0.4 is 10.1 Å². The van der Waals surface area contributed by atoms with E-state index in [0.29, 0.717) is 11.3 Å². The Morgan fingerprint density at radius 3 is 2.50 bits per heavy atom. The van der Waals surface area contributed by atoms with Gasteiger partial charge >= 0.3 is 18.6 Å². The fraction of sp³-hybridized carbons (Fsp3) is 0.474. The van der Waals surface area contributed by atoms with Gasteiger partial charge in [0, 0.05) is 5.70 Å². The van der Waals surface area contributed by atoms with E-state index in [1.165, 1.54) is 29.2 Å². The second kappa shape index (κ2) is 8.58. The molecule has 1 saturated heterocycles. The van der Waals surface area contributed by atoms with Crippen LogP contribution in [0.5, 0.6) is 5.75 Å². The number of carbonyl (C=O) groups excluding carboxylic acids is 2. The third kappa shape index (κ3) is 4.55. The zero-order valence-corrected chi connectivity index (χ0v) is 17.2. The van der Waals surface area contributed by atoms with E-state index in [4.69, 9.17) is 4.74 Å². The lowest BCUT2D eigenvalue weighted by Crippen LogP contribution is -2.52. The lowest BCUT2D eigenvalue weighted by molar-refractivity contribution is -0.139. The van der Waals surface area contributed by atoms with Gasteiger partial charge in [0.25, 0.3) is 0 Å². The molecule has 3 rings (SSSR count). The minimum absolute atomic E-state index is 0.0293. The van der Waals surface area contributed by atoms with Gasteiger partial charge in [-0.2, -0.15) is 8.78 Å². The van der Waals surface area contributed by atoms with E-state index in [-0.39, 0.29) is 35.9 Å². The van der Waals surface area contributed by atoms with Crippen LogP contribution in [0.25, 0.3) is 0 Å². The van der Waals surface area contributed by atoms with Crippen LogP contribution in [0, 0.1) is 0 Å². The quantitative estimate of drug-likeness (QED) is 0.676. The average Bonchev–Trinajstić information content (AvgIpc) is 3.01. The lowest BCUT2D eigenvalue weighted by Gasteiger charge is -2.38. The second-order valence-corrected chi connectivity index (χ2v) is 9.21. The van der Waals surface area contributed by atoms with Crippen LogP contribution in [-0.4, -0.2) is 56.1 Å². The largest absolute Gasteiger partial charge is 0.463 e. The van der Waals surface area contributed by atoms with Crippen molar-refractivity contribution >= 4 is 21.8 Å². The molecule has 30 heavy (non-hydrogen) atoms. The highest BCUT2D eigenvalue weighted by atomic mass is 32.2. The van der Waals surface area contributed by atoms with E-state index in [0.717, 1.165) is 0 Å². The first-order valence-electron chi connectivity index (χ1n) is 9.35. The summed E-state index contributed by atoms with van der Waals surface area (Å²) in [4.78, 5) is 26.8. The van der Waals surface area contributed by atoms with Crippen LogP contribution >= 0.6 is 0 Å². The number of halogens is 2. The normalized spacial score (nSPS) is 23.5. The molecule has 164 valence electrons. The Kier molecular flexibility index (Phi) is 6.30. The number of ether oxygens (including phenoxy) is 2. The molecule has 1 fully saturated rings. The van der Waals surface area contributed by atoms with E-state index in [1.54, 1.807) is 13.8 Å². The summed E-state index contributed by atoms with van der Waals surface area (Å²) in [7, 11) is -3.26. The Morgan fingerprint density at radius 1 is 1.30 bits per heavy atom. The molecule has 1 aromatic carbocycles. The van der Waals surface area contributed by atoms with E-state index in [9.17, 15) is 26.8 Å². The second-order valence-electron chi connectivity index (χ2n) is 6.98. The number of rotatable bonds is 6. The smallest absolute Gasteiger partial charge is 0.387 e. The predicted octanol–water partition coefficient (Wildman–Crippen LogP) is 2.38. The fourth-order valence-electron chi connectivity index (χ4n) is 3.74. The number of benzene rings is 1. The molecule has 0 spiro atoms. The summed E-state index contributed by atoms with van der Waals surface area (Å²) in [6.45, 7) is 0.341. The number of nitrogens with zero attached hydrogens (tertiary/aromatic N) is 1. The van der Waals surface area contributed by atoms with E-state index < -0.39 is 40.5 Å². The van der Waals surface area contributed by atoms with Crippen molar-refractivity contribution in [1.29, 1.82) is 0 Å². The fourth-order valence-corrected chi connectivity index (χ4v) is 5.44. The molecule has 0 radical (unpaired) electrons. The molecule has 0 aromatic heterocycles. The molecule has 1 aromatic rings. The summed E-state index contributed by atoms with van der Waals surface area (Å²) >= 11 is 0. The number of esters is 1. The van der Waals surface area contributed by atoms with Gasteiger partial charge in [-0.25, -0.2) is 18.0 Å². The van der Waals surface area contributed by atoms with Crippen molar-refractivity contribution in [3.05, 3.63) is 41.1 Å². The standard InChI is InChI=1S/C19H22F2N2O6S/c1-3-28-17(24)15-11(2)23(13-8-9-30(26,27)10-13)19(25)22-16(15)12-4-6-14(7-5-12)29-18(20)21/h4-7,13,16,18H,3,8-10H2,1-2H3,(H,22,25)/t13-,16-/m0/s1. The van der Waals surface area contributed by atoms with Crippen LogP contribution in [-0.2, 0) is 19.4 Å². The number of carbonyl (C=O) groups is 2. The summed E-state index contributed by atoms with van der Waals surface area (Å²) in [6, 6.07) is 3.54. The van der Waals surface area contributed by atoms with Crippen molar-refractivity contribution in [1.82, 2.24) is 10.2 Å². The number of hydrogen-bond acceptors (Lipinski definition) is 6. The molecule has 11 heteroatoms. The number of nitrogens with one attached hydrogen (secondary N) is 1. The highest BCUT2D eigenvalue weighted by Crippen LogP contribution is 2.35. The zero-order chi connectivity index (χ0) is 22.1. The van der Waals surface area contributed by atoms with Gasteiger partial charge in [-0.15, -0.1) is 0 Å². The van der Waals surface area contributed by atoms with Crippen LogP contribution in [0.4, 0.5) is 13.6 Å². The van der Waals surface area contributed by atoms with Gasteiger partial charge in [-0.05, 0) is 38.0 Å². The first-order valence-corrected chi connectivity index (χ1v) is 11.2. The van der Waals surface area contributed by atoms with E-state index >= 15 is 0 Å². The van der Waals surface area contributed by atoms with Gasteiger partial charge in [0.1, 0.15) is 5.75 Å². The van der Waals surface area contributed by atoms with Crippen LogP contribution in [0.3, 0.4) is 0 Å². The van der Waals surface area contributed by atoms with Gasteiger partial charge < -0.3 is 14.8 Å². The minimum Gasteiger partial charge on any atom is -0.463 e. The molecular weight excluding hydrogens is 422 g/mol. The van der Waals surface area contributed by atoms with E-state index in [1.807, 2.05) is 0 Å². The molecule has 0 unspecified atom stereocenters. The van der Waals surface area contributed by atoms with Crippen LogP contribution in [0.2, 0.25) is 0 Å². The molecule has 0 aliphatic carbocycles. The Morgan fingerprint density at radius 2 is 1.97 bits per heavy atom. The van der Waals surface area contributed by atoms with Crippen LogP contribution in [0.15, 0.2) is 35.5 Å². The van der Waals surface area contributed by atoms with Gasteiger partial charge in [0.15, 0.2) is 9.84 Å². The van der Waals surface area contributed by atoms with Crippen LogP contribution in [0.1, 0.15) is 31.9 Å². The molecule has 2 amide bonds. The van der Waals surface area contributed by atoms with Gasteiger partial charge in [-0.1, -0.05) is 12.1 Å². The molecule has 1 N–H and O–H groups in total. The molecule has 2 heterocycles. The van der Waals surface area contributed by atoms with Crippen molar-refractivity contribution in [3.8, 4) is 5.75 Å². The monoisotopic (exact) mass is 444 g/mol. The average molecular weight is 444 g/mol. The zero-order valence-electron chi connectivity index (χ0n) is 16.4. The SMILES string of the molecule is CCOC(=O)C1=C(C)N([C@H]2CCS(=O)(=O)C2)C(=O)N[C@H]1c1ccc(OC(F)F)cc1. The summed E-state index contributed by atoms with van der Waals surface area (Å²) in [5.74, 6) is -0.928. The number of amides is 2. The molecule has 2 aliphatic rings. The van der Waals surface area contributed by atoms with Crippen molar-refractivity contribution in [2.24, 2.45) is 0 Å². The number of alkyl halides is 2. The number of urea groups is 1. The van der Waals surface area contributed by atoms with Crippen molar-refractivity contribution in [2.45, 2.75) is 39.0 Å². The Hall–Kier alpha value is -2.69. The molecular formula is C19H22F2N2O6S. The first-order chi connectivity index (χ1) is 14.1. The summed E-state index contributed by atoms with van der Waals surface area (Å²) in [5, 5.41) is 2.71. The number of allylic oxidation sites excluding steroid dienone is 1.